The summed E-state index contributed by atoms with van der Waals surface area (Å²) in [5.74, 6) is 0.588. The highest BCUT2D eigenvalue weighted by molar-refractivity contribution is 8.32. The molecule has 2 N–H and O–H groups in total. The largest absolute Gasteiger partial charge is 0.374 e. The number of carbonyl (C=O) groups excluding carboxylic acids is 2. The molecule has 0 spiro atoms. The van der Waals surface area contributed by atoms with Crippen molar-refractivity contribution in [3.63, 3.8) is 0 Å². The van der Waals surface area contributed by atoms with Crippen LogP contribution in [-0.2, 0) is 32.2 Å². The van der Waals surface area contributed by atoms with Gasteiger partial charge in [-0.1, -0.05) is 30.3 Å². The zero-order chi connectivity index (χ0) is 38.5. The number of amides is 2. The van der Waals surface area contributed by atoms with Crippen molar-refractivity contribution in [1.82, 2.24) is 20.1 Å². The molecule has 2 amide bonds. The maximum Gasteiger partial charge on any atom is 0.258 e. The number of hydrogen-bond donors (Lipinski definition) is 2. The van der Waals surface area contributed by atoms with Crippen LogP contribution in [0, 0.1) is 13.8 Å². The molecule has 4 atom stereocenters. The van der Waals surface area contributed by atoms with Gasteiger partial charge in [0.25, 0.3) is 5.91 Å². The normalized spacial score (nSPS) is 21.9. The van der Waals surface area contributed by atoms with E-state index in [0.717, 1.165) is 88.8 Å². The molecule has 12 heteroatoms. The molecule has 0 unspecified atom stereocenters. The zero-order valence-corrected chi connectivity index (χ0v) is 33.4. The molecule has 292 valence electrons. The quantitative estimate of drug-likeness (QED) is 0.142. The number of aryl methyl sites for hydroxylation is 2. The average molecular weight is 769 g/mol. The second kappa shape index (κ2) is 15.0. The predicted molar refractivity (Wildman–Crippen MR) is 218 cm³/mol. The van der Waals surface area contributed by atoms with E-state index in [4.69, 9.17) is 19.6 Å². The number of nitrogens with one attached hydrogen (secondary N) is 2. The van der Waals surface area contributed by atoms with E-state index >= 15 is 4.39 Å². The van der Waals surface area contributed by atoms with Gasteiger partial charge in [-0.05, 0) is 123 Å². The van der Waals surface area contributed by atoms with Crippen molar-refractivity contribution in [3.05, 3.63) is 83.3 Å². The van der Waals surface area contributed by atoms with Crippen molar-refractivity contribution >= 4 is 33.3 Å². The molecule has 2 bridgehead atoms. The number of nitrogens with zero attached hydrogens (tertiary/aromatic N) is 4. The summed E-state index contributed by atoms with van der Waals surface area (Å²) >= 11 is 0. The van der Waals surface area contributed by atoms with Crippen LogP contribution in [0.5, 0.6) is 0 Å². The number of ether oxygens (including phenoxy) is 2. The Balaban J connectivity index is 1.02. The van der Waals surface area contributed by atoms with Gasteiger partial charge in [-0.15, -0.1) is 0 Å². The van der Waals surface area contributed by atoms with Gasteiger partial charge in [0.15, 0.2) is 5.67 Å². The maximum absolute atomic E-state index is 15.1. The van der Waals surface area contributed by atoms with Crippen LogP contribution in [0.4, 0.5) is 15.9 Å². The molecule has 4 aromatic rings. The maximum atomic E-state index is 15.1. The van der Waals surface area contributed by atoms with Gasteiger partial charge in [0.2, 0.25) is 5.91 Å². The van der Waals surface area contributed by atoms with Gasteiger partial charge in [-0.3, -0.25) is 9.59 Å². The van der Waals surface area contributed by atoms with E-state index in [2.05, 4.69) is 58.6 Å². The molecule has 10 nitrogen and oxygen atoms in total. The van der Waals surface area contributed by atoms with Gasteiger partial charge in [0, 0.05) is 41.4 Å². The number of aromatic nitrogens is 3. The number of pyridine rings is 1. The first-order valence-electron chi connectivity index (χ1n) is 19.5. The van der Waals surface area contributed by atoms with Crippen molar-refractivity contribution in [3.8, 4) is 22.3 Å². The van der Waals surface area contributed by atoms with Crippen LogP contribution in [0.3, 0.4) is 0 Å². The van der Waals surface area contributed by atoms with Crippen molar-refractivity contribution in [2.75, 3.05) is 54.5 Å². The van der Waals surface area contributed by atoms with E-state index in [1.807, 2.05) is 55.1 Å². The summed E-state index contributed by atoms with van der Waals surface area (Å²) in [5, 5.41) is 10.7. The van der Waals surface area contributed by atoms with Crippen LogP contribution >= 0.6 is 10.0 Å². The smallest absolute Gasteiger partial charge is 0.258 e. The Morgan fingerprint density at radius 1 is 1.05 bits per heavy atom. The zero-order valence-electron chi connectivity index (χ0n) is 32.6. The first-order valence-corrected chi connectivity index (χ1v) is 22.5. The topological polar surface area (TPSA) is 111 Å². The molecule has 3 fully saturated rings. The molecule has 0 radical (unpaired) electrons. The lowest BCUT2D eigenvalue weighted by Crippen LogP contribution is -2.51. The third-order valence-corrected chi connectivity index (χ3v) is 13.1. The highest BCUT2D eigenvalue weighted by Crippen LogP contribution is 2.42. The van der Waals surface area contributed by atoms with Crippen LogP contribution in [0.1, 0.15) is 60.5 Å². The predicted octanol–water partition coefficient (Wildman–Crippen LogP) is 6.92. The third kappa shape index (κ3) is 8.04. The number of rotatable bonds is 13. The first kappa shape index (κ1) is 37.7. The number of alkyl halides is 1. The van der Waals surface area contributed by atoms with Gasteiger partial charge < -0.3 is 25.0 Å². The standard InChI is InChI=1S/C43H53FN6O4S/c1-27-39(28(2)50(48-27)26-53-19-20-55(3,4)5)30-11-13-33(14-12-30)46-41(51)40(47-42(52)43(44)16-17-43)36-8-6-7-29-9-10-31(21-37(29)36)32-15-18-45-38(22-32)49-24-35-23-34(49)25-54-35/h9-15,18,21-22,34-36,40H,6-8,16-17,19-20,23-26H2,1-5H3,(H,46,51)(H,47,52)/t34-,35-,36-,40+/m1/s1. The SMILES string of the molecule is Cc1nn(COCCS(C)(C)C)c(C)c1-c1ccc(NC(=O)[C@@H](NC(=O)C2(F)CC2)[C@@H]2CCCc3ccc(-c4ccnc(N5C[C@H]6C[C@@H]5CO6)c4)cc32)cc1. The fraction of sp³-hybridized carbons (Fsp3) is 0.488. The summed E-state index contributed by atoms with van der Waals surface area (Å²) in [5.41, 5.74) is 6.83. The Morgan fingerprint density at radius 3 is 2.53 bits per heavy atom. The summed E-state index contributed by atoms with van der Waals surface area (Å²) in [6, 6.07) is 17.7. The minimum atomic E-state index is -1.91. The van der Waals surface area contributed by atoms with Crippen LogP contribution in [0.15, 0.2) is 60.8 Å². The molecule has 4 heterocycles. The molecular formula is C43H53FN6O4S. The highest BCUT2D eigenvalue weighted by atomic mass is 32.3. The van der Waals surface area contributed by atoms with E-state index in [0.29, 0.717) is 31.5 Å². The lowest BCUT2D eigenvalue weighted by molar-refractivity contribution is -0.131. The number of carbonyl (C=O) groups is 2. The molecule has 55 heavy (non-hydrogen) atoms. The molecule has 8 rings (SSSR count). The second-order valence-corrected chi connectivity index (χ2v) is 21.3. The molecular weight excluding hydrogens is 716 g/mol. The fourth-order valence-electron chi connectivity index (χ4n) is 8.39. The summed E-state index contributed by atoms with van der Waals surface area (Å²) in [7, 11) is -0.628. The highest BCUT2D eigenvalue weighted by Gasteiger charge is 2.52. The van der Waals surface area contributed by atoms with E-state index in [-0.39, 0.29) is 30.8 Å². The second-order valence-electron chi connectivity index (χ2n) is 16.7. The Kier molecular flexibility index (Phi) is 10.3. The van der Waals surface area contributed by atoms with Gasteiger partial charge in [-0.2, -0.15) is 5.10 Å². The van der Waals surface area contributed by atoms with E-state index in [1.54, 1.807) is 0 Å². The molecule has 2 aliphatic carbocycles. The van der Waals surface area contributed by atoms with Crippen molar-refractivity contribution in [2.24, 2.45) is 0 Å². The molecule has 2 aromatic carbocycles. The molecule has 1 saturated carbocycles. The lowest BCUT2D eigenvalue weighted by Gasteiger charge is -2.33. The number of halogens is 1. The number of benzene rings is 2. The number of fused-ring (bicyclic) bond motifs is 3. The minimum absolute atomic E-state index is 0.175. The Morgan fingerprint density at radius 2 is 1.82 bits per heavy atom. The van der Waals surface area contributed by atoms with E-state index in [1.165, 1.54) is 0 Å². The Labute approximate surface area is 324 Å². The number of hydrogen-bond acceptors (Lipinski definition) is 7. The van der Waals surface area contributed by atoms with Crippen molar-refractivity contribution < 1.29 is 23.5 Å². The fourth-order valence-corrected chi connectivity index (χ4v) is 9.01. The molecule has 2 aromatic heterocycles. The van der Waals surface area contributed by atoms with Gasteiger partial charge >= 0.3 is 0 Å². The number of anilines is 2. The van der Waals surface area contributed by atoms with Crippen LogP contribution in [0.25, 0.3) is 22.3 Å². The molecule has 4 aliphatic rings. The first-order chi connectivity index (χ1) is 26.3. The Bertz CT molecular complexity index is 2080. The average Bonchev–Trinajstić information content (AvgIpc) is 3.45. The van der Waals surface area contributed by atoms with Crippen molar-refractivity contribution in [2.45, 2.75) is 88.9 Å². The van der Waals surface area contributed by atoms with Crippen molar-refractivity contribution in [1.29, 1.82) is 0 Å². The van der Waals surface area contributed by atoms with Gasteiger partial charge in [0.05, 0.1) is 31.1 Å². The van der Waals surface area contributed by atoms with Crippen LogP contribution in [-0.4, -0.2) is 94.7 Å². The molecule has 2 saturated heterocycles. The molecule has 2 aliphatic heterocycles. The summed E-state index contributed by atoms with van der Waals surface area (Å²) in [6.45, 7) is 6.71. The minimum Gasteiger partial charge on any atom is -0.374 e. The van der Waals surface area contributed by atoms with Crippen LogP contribution in [0.2, 0.25) is 0 Å². The summed E-state index contributed by atoms with van der Waals surface area (Å²) in [4.78, 5) is 34.6. The Hall–Kier alpha value is -4.26. The van der Waals surface area contributed by atoms with Gasteiger partial charge in [0.1, 0.15) is 18.6 Å². The number of morpholine rings is 1. The van der Waals surface area contributed by atoms with Crippen LogP contribution < -0.4 is 15.5 Å². The third-order valence-electron chi connectivity index (χ3n) is 11.7. The van der Waals surface area contributed by atoms with Gasteiger partial charge in [-0.25, -0.2) is 24.1 Å². The monoisotopic (exact) mass is 768 g/mol. The lowest BCUT2D eigenvalue weighted by atomic mass is 9.77. The van der Waals surface area contributed by atoms with E-state index < -0.39 is 27.6 Å². The summed E-state index contributed by atoms with van der Waals surface area (Å²) < 4.78 is 28.8. The van der Waals surface area contributed by atoms with E-state index in [9.17, 15) is 9.59 Å². The summed E-state index contributed by atoms with van der Waals surface area (Å²) in [6.07, 6.45) is 12.8.